The van der Waals surface area contributed by atoms with Crippen molar-refractivity contribution in [3.63, 3.8) is 0 Å². The van der Waals surface area contributed by atoms with Crippen LogP contribution in [0.1, 0.15) is 19.7 Å². The molecule has 2 nitrogen and oxygen atoms in total. The molecule has 0 aliphatic carbocycles. The molecule has 0 fully saturated rings. The maximum absolute atomic E-state index is 4.71. The minimum atomic E-state index is 0.802. The summed E-state index contributed by atoms with van der Waals surface area (Å²) in [6, 6.07) is 23.0. The van der Waals surface area contributed by atoms with Crippen molar-refractivity contribution in [1.29, 1.82) is 0 Å². The first kappa shape index (κ1) is 15.2. The summed E-state index contributed by atoms with van der Waals surface area (Å²) in [7, 11) is 0. The Balaban J connectivity index is 0.000000753. The zero-order chi connectivity index (χ0) is 16.2. The molecule has 23 heavy (non-hydrogen) atoms. The molecule has 1 aromatic heterocycles. The standard InChI is InChI=1S/C19H14N2.C2H6/c1-13-20-18-12-5-4-10-17(18)19(21-13)16-11-6-8-14-7-2-3-9-15(14)16;1-2/h2-12H,1H3;1-2H3. The minimum absolute atomic E-state index is 0.802. The summed E-state index contributed by atoms with van der Waals surface area (Å²) >= 11 is 0. The zero-order valence-electron chi connectivity index (χ0n) is 13.7. The Hall–Kier alpha value is -2.74. The molecule has 0 radical (unpaired) electrons. The maximum Gasteiger partial charge on any atom is 0.126 e. The SMILES string of the molecule is CC.Cc1nc(-c2cccc3ccccc23)c2ccccc2n1. The highest BCUT2D eigenvalue weighted by atomic mass is 14.9. The zero-order valence-corrected chi connectivity index (χ0v) is 13.7. The lowest BCUT2D eigenvalue weighted by Crippen LogP contribution is -1.94. The van der Waals surface area contributed by atoms with E-state index in [1.165, 1.54) is 10.8 Å². The topological polar surface area (TPSA) is 25.8 Å². The summed E-state index contributed by atoms with van der Waals surface area (Å²) in [5.41, 5.74) is 3.16. The molecule has 0 saturated carbocycles. The van der Waals surface area contributed by atoms with Gasteiger partial charge in [0.15, 0.2) is 0 Å². The van der Waals surface area contributed by atoms with Gasteiger partial charge in [0, 0.05) is 10.9 Å². The van der Waals surface area contributed by atoms with E-state index in [0.717, 1.165) is 28.0 Å². The van der Waals surface area contributed by atoms with Gasteiger partial charge in [-0.15, -0.1) is 0 Å². The van der Waals surface area contributed by atoms with Gasteiger partial charge < -0.3 is 0 Å². The van der Waals surface area contributed by atoms with Crippen LogP contribution in [0.15, 0.2) is 66.7 Å². The lowest BCUT2D eigenvalue weighted by atomic mass is 9.99. The third-order valence-electron chi connectivity index (χ3n) is 3.76. The number of aryl methyl sites for hydroxylation is 1. The molecule has 3 aromatic carbocycles. The third-order valence-corrected chi connectivity index (χ3v) is 3.76. The van der Waals surface area contributed by atoms with Crippen LogP contribution in [-0.2, 0) is 0 Å². The van der Waals surface area contributed by atoms with Crippen molar-refractivity contribution in [2.75, 3.05) is 0 Å². The second-order valence-corrected chi connectivity index (χ2v) is 5.16. The Morgan fingerprint density at radius 1 is 0.652 bits per heavy atom. The van der Waals surface area contributed by atoms with E-state index in [1.54, 1.807) is 0 Å². The Morgan fingerprint density at radius 2 is 1.30 bits per heavy atom. The quantitative estimate of drug-likeness (QED) is 0.445. The molecule has 4 aromatic rings. The van der Waals surface area contributed by atoms with Crippen molar-refractivity contribution in [3.8, 4) is 11.3 Å². The van der Waals surface area contributed by atoms with Gasteiger partial charge in [-0.1, -0.05) is 74.5 Å². The van der Waals surface area contributed by atoms with Crippen molar-refractivity contribution in [1.82, 2.24) is 9.97 Å². The van der Waals surface area contributed by atoms with Gasteiger partial charge in [0.2, 0.25) is 0 Å². The number of hydrogen-bond acceptors (Lipinski definition) is 2. The van der Waals surface area contributed by atoms with Crippen LogP contribution in [0.2, 0.25) is 0 Å². The molecule has 0 atom stereocenters. The number of rotatable bonds is 1. The van der Waals surface area contributed by atoms with Crippen LogP contribution >= 0.6 is 0 Å². The summed E-state index contributed by atoms with van der Waals surface area (Å²) in [5.74, 6) is 0.802. The highest BCUT2D eigenvalue weighted by Gasteiger charge is 2.10. The van der Waals surface area contributed by atoms with E-state index in [2.05, 4.69) is 53.5 Å². The molecular weight excluding hydrogens is 280 g/mol. The van der Waals surface area contributed by atoms with Gasteiger partial charge in [0.25, 0.3) is 0 Å². The van der Waals surface area contributed by atoms with Crippen LogP contribution in [0.25, 0.3) is 32.9 Å². The largest absolute Gasteiger partial charge is 0.233 e. The van der Waals surface area contributed by atoms with Crippen LogP contribution in [0.3, 0.4) is 0 Å². The smallest absolute Gasteiger partial charge is 0.126 e. The fourth-order valence-corrected chi connectivity index (χ4v) is 2.83. The highest BCUT2D eigenvalue weighted by molar-refractivity contribution is 6.02. The number of hydrogen-bond donors (Lipinski definition) is 0. The Bertz CT molecular complexity index is 953. The number of para-hydroxylation sites is 1. The molecular formula is C21H20N2. The number of nitrogens with zero attached hydrogens (tertiary/aromatic N) is 2. The average Bonchev–Trinajstić information content (AvgIpc) is 2.62. The first-order valence-corrected chi connectivity index (χ1v) is 8.04. The Labute approximate surface area is 136 Å². The van der Waals surface area contributed by atoms with Crippen molar-refractivity contribution in [3.05, 3.63) is 72.6 Å². The first-order valence-electron chi connectivity index (χ1n) is 8.04. The number of aromatic nitrogens is 2. The summed E-state index contributed by atoms with van der Waals surface area (Å²) in [6.45, 7) is 5.95. The van der Waals surface area contributed by atoms with Crippen LogP contribution in [-0.4, -0.2) is 9.97 Å². The minimum Gasteiger partial charge on any atom is -0.233 e. The number of benzene rings is 3. The van der Waals surface area contributed by atoms with Crippen LogP contribution < -0.4 is 0 Å². The molecule has 2 heteroatoms. The summed E-state index contributed by atoms with van der Waals surface area (Å²) in [4.78, 5) is 9.24. The van der Waals surface area contributed by atoms with Crippen LogP contribution in [0.5, 0.6) is 0 Å². The van der Waals surface area contributed by atoms with Gasteiger partial charge in [0.1, 0.15) is 5.82 Å². The Morgan fingerprint density at radius 3 is 2.13 bits per heavy atom. The summed E-state index contributed by atoms with van der Waals surface area (Å²) < 4.78 is 0. The molecule has 0 aliphatic rings. The molecule has 114 valence electrons. The van der Waals surface area contributed by atoms with E-state index < -0.39 is 0 Å². The fourth-order valence-electron chi connectivity index (χ4n) is 2.83. The lowest BCUT2D eigenvalue weighted by molar-refractivity contribution is 1.10. The van der Waals surface area contributed by atoms with Crippen molar-refractivity contribution < 1.29 is 0 Å². The molecule has 0 saturated heterocycles. The van der Waals surface area contributed by atoms with Gasteiger partial charge in [-0.05, 0) is 23.8 Å². The third kappa shape index (κ3) is 2.80. The van der Waals surface area contributed by atoms with Gasteiger partial charge >= 0.3 is 0 Å². The first-order chi connectivity index (χ1) is 11.3. The van der Waals surface area contributed by atoms with Crippen molar-refractivity contribution >= 4 is 21.7 Å². The van der Waals surface area contributed by atoms with Crippen molar-refractivity contribution in [2.24, 2.45) is 0 Å². The van der Waals surface area contributed by atoms with E-state index in [4.69, 9.17) is 4.98 Å². The van der Waals surface area contributed by atoms with Crippen LogP contribution in [0.4, 0.5) is 0 Å². The van der Waals surface area contributed by atoms with Crippen molar-refractivity contribution in [2.45, 2.75) is 20.8 Å². The monoisotopic (exact) mass is 300 g/mol. The van der Waals surface area contributed by atoms with Gasteiger partial charge in [-0.3, -0.25) is 0 Å². The second-order valence-electron chi connectivity index (χ2n) is 5.16. The molecule has 0 N–H and O–H groups in total. The van der Waals surface area contributed by atoms with E-state index in [1.807, 2.05) is 39.0 Å². The molecule has 0 amide bonds. The van der Waals surface area contributed by atoms with Gasteiger partial charge in [-0.25, -0.2) is 9.97 Å². The van der Waals surface area contributed by atoms with Gasteiger partial charge in [-0.2, -0.15) is 0 Å². The predicted molar refractivity (Wildman–Crippen MR) is 98.6 cm³/mol. The van der Waals surface area contributed by atoms with E-state index in [0.29, 0.717) is 0 Å². The maximum atomic E-state index is 4.71. The number of fused-ring (bicyclic) bond motifs is 2. The second kappa shape index (κ2) is 6.57. The van der Waals surface area contributed by atoms with E-state index in [-0.39, 0.29) is 0 Å². The molecule has 0 unspecified atom stereocenters. The average molecular weight is 300 g/mol. The van der Waals surface area contributed by atoms with Crippen LogP contribution in [0, 0.1) is 6.92 Å². The summed E-state index contributed by atoms with van der Waals surface area (Å²) in [6.07, 6.45) is 0. The Kier molecular flexibility index (Phi) is 4.33. The molecule has 4 rings (SSSR count). The lowest BCUT2D eigenvalue weighted by Gasteiger charge is -2.10. The predicted octanol–water partition coefficient (Wildman–Crippen LogP) is 5.78. The highest BCUT2D eigenvalue weighted by Crippen LogP contribution is 2.31. The molecule has 0 spiro atoms. The normalized spacial score (nSPS) is 10.4. The molecule has 0 bridgehead atoms. The van der Waals surface area contributed by atoms with E-state index >= 15 is 0 Å². The van der Waals surface area contributed by atoms with E-state index in [9.17, 15) is 0 Å². The van der Waals surface area contributed by atoms with Gasteiger partial charge in [0.05, 0.1) is 11.2 Å². The molecule has 1 heterocycles. The molecule has 0 aliphatic heterocycles. The fraction of sp³-hybridized carbons (Fsp3) is 0.143. The summed E-state index contributed by atoms with van der Waals surface area (Å²) in [5, 5.41) is 3.55.